The Balaban J connectivity index is 1.91. The Kier molecular flexibility index (Phi) is 6.88. The predicted octanol–water partition coefficient (Wildman–Crippen LogP) is 5.14. The summed E-state index contributed by atoms with van der Waals surface area (Å²) < 4.78 is 0. The Morgan fingerprint density at radius 3 is 2.45 bits per heavy atom. The molecule has 2 rings (SSSR count). The van der Waals surface area contributed by atoms with E-state index in [1.54, 1.807) is 12.4 Å². The monoisotopic (exact) mass is 298 g/mol. The van der Waals surface area contributed by atoms with Gasteiger partial charge in [0.1, 0.15) is 12.1 Å². The van der Waals surface area contributed by atoms with E-state index in [2.05, 4.69) is 16.9 Å². The average Bonchev–Trinajstić information content (AvgIpc) is 2.55. The summed E-state index contributed by atoms with van der Waals surface area (Å²) in [6.07, 6.45) is 13.5. The number of phenolic OH excluding ortho intramolecular Hbond substituents is 1. The molecule has 1 aromatic carbocycles. The van der Waals surface area contributed by atoms with E-state index in [1.807, 2.05) is 24.4 Å². The van der Waals surface area contributed by atoms with Crippen molar-refractivity contribution in [1.82, 2.24) is 9.97 Å². The highest BCUT2D eigenvalue weighted by Crippen LogP contribution is 2.29. The topological polar surface area (TPSA) is 46.0 Å². The summed E-state index contributed by atoms with van der Waals surface area (Å²) in [6.45, 7) is 2.25. The van der Waals surface area contributed by atoms with Gasteiger partial charge in [-0.05, 0) is 30.5 Å². The molecule has 0 amide bonds. The van der Waals surface area contributed by atoms with Crippen LogP contribution in [-0.2, 0) is 6.42 Å². The van der Waals surface area contributed by atoms with Crippen molar-refractivity contribution in [2.45, 2.75) is 58.3 Å². The van der Waals surface area contributed by atoms with Gasteiger partial charge in [-0.2, -0.15) is 0 Å². The molecule has 1 N–H and O–H groups in total. The second-order valence-corrected chi connectivity index (χ2v) is 5.79. The minimum Gasteiger partial charge on any atom is -0.507 e. The first-order valence-electron chi connectivity index (χ1n) is 8.40. The lowest BCUT2D eigenvalue weighted by Crippen LogP contribution is -1.96. The van der Waals surface area contributed by atoms with Crippen LogP contribution < -0.4 is 0 Å². The summed E-state index contributed by atoms with van der Waals surface area (Å²) in [5.74, 6) is 0.280. The Labute approximate surface area is 133 Å². The number of hydrogen-bond donors (Lipinski definition) is 1. The number of aromatic hydroxyl groups is 1. The van der Waals surface area contributed by atoms with E-state index >= 15 is 0 Å². The molecular weight excluding hydrogens is 272 g/mol. The maximum absolute atomic E-state index is 10.0. The highest BCUT2D eigenvalue weighted by Gasteiger charge is 2.10. The molecule has 22 heavy (non-hydrogen) atoms. The van der Waals surface area contributed by atoms with Crippen molar-refractivity contribution < 1.29 is 5.11 Å². The van der Waals surface area contributed by atoms with Crippen LogP contribution in [0.2, 0.25) is 0 Å². The molecule has 0 radical (unpaired) electrons. The van der Waals surface area contributed by atoms with E-state index in [0.29, 0.717) is 0 Å². The van der Waals surface area contributed by atoms with Crippen molar-refractivity contribution >= 4 is 0 Å². The summed E-state index contributed by atoms with van der Waals surface area (Å²) in [5, 5.41) is 10.0. The summed E-state index contributed by atoms with van der Waals surface area (Å²) in [7, 11) is 0. The van der Waals surface area contributed by atoms with Crippen LogP contribution in [0.25, 0.3) is 11.3 Å². The molecule has 0 saturated carbocycles. The van der Waals surface area contributed by atoms with Crippen molar-refractivity contribution in [2.24, 2.45) is 0 Å². The van der Waals surface area contributed by atoms with Crippen molar-refractivity contribution in [1.29, 1.82) is 0 Å². The molecule has 0 spiro atoms. The molecule has 1 aromatic heterocycles. The van der Waals surface area contributed by atoms with Crippen LogP contribution >= 0.6 is 0 Å². The molecule has 118 valence electrons. The zero-order valence-electron chi connectivity index (χ0n) is 13.5. The number of phenols is 1. The maximum atomic E-state index is 10.0. The first-order chi connectivity index (χ1) is 10.8. The average molecular weight is 298 g/mol. The molecule has 0 fully saturated rings. The van der Waals surface area contributed by atoms with Crippen LogP contribution in [0.5, 0.6) is 5.75 Å². The zero-order valence-corrected chi connectivity index (χ0v) is 13.5. The SMILES string of the molecule is CCCCCCCCCc1cncnc1-c1ccccc1O. The third-order valence-corrected chi connectivity index (χ3v) is 4.00. The molecule has 1 heterocycles. The van der Waals surface area contributed by atoms with Gasteiger partial charge in [0.2, 0.25) is 0 Å². The molecule has 0 unspecified atom stereocenters. The van der Waals surface area contributed by atoms with Crippen molar-refractivity contribution in [3.05, 3.63) is 42.4 Å². The molecule has 0 aliphatic heterocycles. The van der Waals surface area contributed by atoms with Crippen LogP contribution in [0.4, 0.5) is 0 Å². The van der Waals surface area contributed by atoms with Gasteiger partial charge >= 0.3 is 0 Å². The number of para-hydroxylation sites is 1. The fraction of sp³-hybridized carbons (Fsp3) is 0.474. The van der Waals surface area contributed by atoms with E-state index < -0.39 is 0 Å². The summed E-state index contributed by atoms with van der Waals surface area (Å²) in [6, 6.07) is 7.37. The molecule has 3 nitrogen and oxygen atoms in total. The maximum Gasteiger partial charge on any atom is 0.124 e. The number of rotatable bonds is 9. The van der Waals surface area contributed by atoms with E-state index in [0.717, 1.165) is 29.7 Å². The molecule has 0 atom stereocenters. The minimum atomic E-state index is 0.280. The van der Waals surface area contributed by atoms with Gasteiger partial charge in [0.15, 0.2) is 0 Å². The third kappa shape index (κ3) is 4.83. The van der Waals surface area contributed by atoms with Crippen molar-refractivity contribution in [2.75, 3.05) is 0 Å². The second-order valence-electron chi connectivity index (χ2n) is 5.79. The van der Waals surface area contributed by atoms with Gasteiger partial charge in [0.05, 0.1) is 5.69 Å². The fourth-order valence-electron chi connectivity index (χ4n) is 2.73. The highest BCUT2D eigenvalue weighted by atomic mass is 16.3. The number of unbranched alkanes of at least 4 members (excludes halogenated alkanes) is 6. The lowest BCUT2D eigenvalue weighted by Gasteiger charge is -2.09. The molecule has 2 aromatic rings. The number of hydrogen-bond acceptors (Lipinski definition) is 3. The van der Waals surface area contributed by atoms with Crippen molar-refractivity contribution in [3.8, 4) is 17.0 Å². The van der Waals surface area contributed by atoms with Gasteiger partial charge in [-0.3, -0.25) is 0 Å². The number of aryl methyl sites for hydroxylation is 1. The van der Waals surface area contributed by atoms with Crippen LogP contribution in [0.15, 0.2) is 36.8 Å². The summed E-state index contributed by atoms with van der Waals surface area (Å²) in [5.41, 5.74) is 2.78. The Bertz CT molecular complexity index is 569. The Morgan fingerprint density at radius 2 is 1.68 bits per heavy atom. The normalized spacial score (nSPS) is 10.8. The van der Waals surface area contributed by atoms with Crippen molar-refractivity contribution in [3.63, 3.8) is 0 Å². The molecule has 0 bridgehead atoms. The van der Waals surface area contributed by atoms with Gasteiger partial charge < -0.3 is 5.11 Å². The third-order valence-electron chi connectivity index (χ3n) is 4.00. The predicted molar refractivity (Wildman–Crippen MR) is 90.8 cm³/mol. The van der Waals surface area contributed by atoms with Gasteiger partial charge in [-0.1, -0.05) is 57.6 Å². The van der Waals surface area contributed by atoms with Crippen LogP contribution in [-0.4, -0.2) is 15.1 Å². The lowest BCUT2D eigenvalue weighted by atomic mass is 10.0. The lowest BCUT2D eigenvalue weighted by molar-refractivity contribution is 0.477. The minimum absolute atomic E-state index is 0.280. The molecule has 0 saturated heterocycles. The second kappa shape index (κ2) is 9.19. The first kappa shape index (κ1) is 16.5. The zero-order chi connectivity index (χ0) is 15.6. The standard InChI is InChI=1S/C19H26N2O/c1-2-3-4-5-6-7-8-11-16-14-20-15-21-19(16)17-12-9-10-13-18(17)22/h9-10,12-15,22H,2-8,11H2,1H3. The van der Waals surface area contributed by atoms with Gasteiger partial charge in [-0.15, -0.1) is 0 Å². The van der Waals surface area contributed by atoms with Gasteiger partial charge in [-0.25, -0.2) is 9.97 Å². The largest absolute Gasteiger partial charge is 0.507 e. The highest BCUT2D eigenvalue weighted by molar-refractivity contribution is 5.69. The fourth-order valence-corrected chi connectivity index (χ4v) is 2.73. The van der Waals surface area contributed by atoms with Gasteiger partial charge in [0.25, 0.3) is 0 Å². The van der Waals surface area contributed by atoms with Crippen LogP contribution in [0.3, 0.4) is 0 Å². The van der Waals surface area contributed by atoms with Gasteiger partial charge in [0, 0.05) is 11.8 Å². The molecule has 0 aliphatic carbocycles. The summed E-state index contributed by atoms with van der Waals surface area (Å²) >= 11 is 0. The molecular formula is C19H26N2O. The smallest absolute Gasteiger partial charge is 0.124 e. The van der Waals surface area contributed by atoms with Crippen LogP contribution in [0, 0.1) is 0 Å². The Morgan fingerprint density at radius 1 is 0.955 bits per heavy atom. The number of benzene rings is 1. The van der Waals surface area contributed by atoms with Crippen LogP contribution in [0.1, 0.15) is 57.4 Å². The molecule has 0 aliphatic rings. The van der Waals surface area contributed by atoms with E-state index in [-0.39, 0.29) is 5.75 Å². The van der Waals surface area contributed by atoms with E-state index in [4.69, 9.17) is 0 Å². The van der Waals surface area contributed by atoms with E-state index in [9.17, 15) is 5.11 Å². The quantitative estimate of drug-likeness (QED) is 0.652. The summed E-state index contributed by atoms with van der Waals surface area (Å²) in [4.78, 5) is 8.53. The van der Waals surface area contributed by atoms with E-state index in [1.165, 1.54) is 38.5 Å². The first-order valence-corrected chi connectivity index (χ1v) is 8.40. The number of aromatic nitrogens is 2. The Hall–Kier alpha value is -1.90. The molecule has 3 heteroatoms. The number of nitrogens with zero attached hydrogens (tertiary/aromatic N) is 2.